The lowest BCUT2D eigenvalue weighted by atomic mass is 9.67. The molecule has 2 aliphatic carbocycles. The van der Waals surface area contributed by atoms with Crippen LogP contribution in [-0.2, 0) is 9.59 Å². The number of anilines is 1. The van der Waals surface area contributed by atoms with Gasteiger partial charge >= 0.3 is 0 Å². The Morgan fingerprint density at radius 1 is 0.889 bits per heavy atom. The minimum Gasteiger partial charge on any atom is -0.357 e. The monoisotopic (exact) mass is 356 g/mol. The van der Waals surface area contributed by atoms with Gasteiger partial charge in [0.05, 0.1) is 17.5 Å². The van der Waals surface area contributed by atoms with Crippen LogP contribution in [0.15, 0.2) is 54.6 Å². The maximum absolute atomic E-state index is 13.5. The molecule has 3 aliphatic rings. The molecular formula is C23H20N2O2. The highest BCUT2D eigenvalue weighted by Crippen LogP contribution is 2.58. The van der Waals surface area contributed by atoms with E-state index < -0.39 is 0 Å². The Morgan fingerprint density at radius 3 is 2.52 bits per heavy atom. The molecule has 2 heterocycles. The van der Waals surface area contributed by atoms with E-state index in [4.69, 9.17) is 0 Å². The fourth-order valence-electron chi connectivity index (χ4n) is 5.86. The predicted molar refractivity (Wildman–Crippen MR) is 104 cm³/mol. The highest BCUT2D eigenvalue weighted by Gasteiger charge is 2.59. The summed E-state index contributed by atoms with van der Waals surface area (Å²) in [5.41, 5.74) is 4.05. The molecule has 134 valence electrons. The van der Waals surface area contributed by atoms with Crippen LogP contribution in [0, 0.1) is 11.8 Å². The van der Waals surface area contributed by atoms with Crippen LogP contribution in [0.3, 0.4) is 0 Å². The number of hydrogen-bond acceptors (Lipinski definition) is 2. The zero-order chi connectivity index (χ0) is 18.1. The number of imide groups is 1. The van der Waals surface area contributed by atoms with Crippen molar-refractivity contribution < 1.29 is 9.59 Å². The first-order chi connectivity index (χ1) is 13.3. The second kappa shape index (κ2) is 5.32. The average molecular weight is 356 g/mol. The molecule has 4 nitrogen and oxygen atoms in total. The van der Waals surface area contributed by atoms with Gasteiger partial charge in [-0.15, -0.1) is 0 Å². The van der Waals surface area contributed by atoms with E-state index in [1.54, 1.807) is 0 Å². The largest absolute Gasteiger partial charge is 0.357 e. The van der Waals surface area contributed by atoms with Gasteiger partial charge in [-0.05, 0) is 48.4 Å². The second-order valence-corrected chi connectivity index (χ2v) is 8.05. The van der Waals surface area contributed by atoms with Crippen LogP contribution in [-0.4, -0.2) is 16.8 Å². The van der Waals surface area contributed by atoms with Crippen molar-refractivity contribution in [2.75, 3.05) is 4.90 Å². The molecule has 0 unspecified atom stereocenters. The zero-order valence-electron chi connectivity index (χ0n) is 14.9. The molecular weight excluding hydrogens is 336 g/mol. The smallest absolute Gasteiger partial charge is 0.243 e. The highest BCUT2D eigenvalue weighted by molar-refractivity contribution is 6.24. The fraction of sp³-hybridized carbons (Fsp3) is 0.304. The lowest BCUT2D eigenvalue weighted by Crippen LogP contribution is -2.33. The molecule has 1 aliphatic heterocycles. The van der Waals surface area contributed by atoms with Gasteiger partial charge in [0, 0.05) is 16.6 Å². The Hall–Kier alpha value is -2.88. The molecule has 3 aromatic rings. The average Bonchev–Trinajstić information content (AvgIpc) is 3.37. The van der Waals surface area contributed by atoms with Gasteiger partial charge in [0.25, 0.3) is 0 Å². The van der Waals surface area contributed by atoms with Crippen molar-refractivity contribution in [2.45, 2.75) is 31.1 Å². The van der Waals surface area contributed by atoms with Crippen LogP contribution in [0.25, 0.3) is 10.9 Å². The number of benzene rings is 2. The van der Waals surface area contributed by atoms with Gasteiger partial charge in [0.2, 0.25) is 11.8 Å². The first-order valence-corrected chi connectivity index (χ1v) is 9.79. The minimum absolute atomic E-state index is 0.0163. The van der Waals surface area contributed by atoms with Crippen molar-refractivity contribution in [3.05, 3.63) is 65.9 Å². The van der Waals surface area contributed by atoms with Crippen LogP contribution >= 0.6 is 0 Å². The molecule has 2 fully saturated rings. The number of aromatic amines is 1. The molecule has 4 atom stereocenters. The number of nitrogens with one attached hydrogen (secondary N) is 1. The number of carbonyl (C=O) groups is 2. The number of para-hydroxylation sites is 2. The van der Waals surface area contributed by atoms with Crippen LogP contribution in [0.4, 0.5) is 5.69 Å². The van der Waals surface area contributed by atoms with Crippen LogP contribution in [0.1, 0.15) is 42.4 Å². The van der Waals surface area contributed by atoms with Crippen LogP contribution in [0.2, 0.25) is 0 Å². The summed E-state index contributed by atoms with van der Waals surface area (Å²) >= 11 is 0. The van der Waals surface area contributed by atoms with E-state index in [0.717, 1.165) is 30.5 Å². The van der Waals surface area contributed by atoms with Gasteiger partial charge < -0.3 is 4.98 Å². The van der Waals surface area contributed by atoms with E-state index in [2.05, 4.69) is 23.2 Å². The SMILES string of the molecule is O=C1[C@H]2[C@H]3CCC[C@H]3c3c([nH]c4ccccc34)[C@H]2C(=O)N1c1ccccc1. The molecule has 1 aromatic heterocycles. The summed E-state index contributed by atoms with van der Waals surface area (Å²) in [4.78, 5) is 31.8. The number of nitrogens with zero attached hydrogens (tertiary/aromatic N) is 1. The van der Waals surface area contributed by atoms with Crippen molar-refractivity contribution in [2.24, 2.45) is 11.8 Å². The molecule has 0 radical (unpaired) electrons. The van der Waals surface area contributed by atoms with Crippen LogP contribution < -0.4 is 4.90 Å². The number of fused-ring (bicyclic) bond motifs is 8. The van der Waals surface area contributed by atoms with Gasteiger partial charge in [0.15, 0.2) is 0 Å². The molecule has 4 heteroatoms. The zero-order valence-corrected chi connectivity index (χ0v) is 14.9. The maximum Gasteiger partial charge on any atom is 0.243 e. The Bertz CT molecular complexity index is 1080. The van der Waals surface area contributed by atoms with E-state index in [9.17, 15) is 9.59 Å². The van der Waals surface area contributed by atoms with Crippen molar-refractivity contribution in [1.29, 1.82) is 0 Å². The molecule has 2 aromatic carbocycles. The Balaban J connectivity index is 1.58. The summed E-state index contributed by atoms with van der Waals surface area (Å²) in [5.74, 6) is -0.0475. The maximum atomic E-state index is 13.5. The van der Waals surface area contributed by atoms with Crippen molar-refractivity contribution in [1.82, 2.24) is 4.98 Å². The third-order valence-electron chi connectivity index (χ3n) is 6.85. The first kappa shape index (κ1) is 15.2. The van der Waals surface area contributed by atoms with Crippen molar-refractivity contribution in [3.63, 3.8) is 0 Å². The van der Waals surface area contributed by atoms with E-state index in [-0.39, 0.29) is 29.6 Å². The van der Waals surface area contributed by atoms with Crippen molar-refractivity contribution >= 4 is 28.4 Å². The number of aromatic nitrogens is 1. The first-order valence-electron chi connectivity index (χ1n) is 9.79. The highest BCUT2D eigenvalue weighted by atomic mass is 16.2. The molecule has 1 saturated carbocycles. The second-order valence-electron chi connectivity index (χ2n) is 8.05. The number of H-pyrrole nitrogens is 1. The van der Waals surface area contributed by atoms with E-state index in [1.165, 1.54) is 15.8 Å². The quantitative estimate of drug-likeness (QED) is 0.660. The van der Waals surface area contributed by atoms with E-state index in [0.29, 0.717) is 11.6 Å². The summed E-state index contributed by atoms with van der Waals surface area (Å²) in [6, 6.07) is 17.7. The summed E-state index contributed by atoms with van der Waals surface area (Å²) in [6.45, 7) is 0. The van der Waals surface area contributed by atoms with E-state index >= 15 is 0 Å². The Labute approximate surface area is 157 Å². The molecule has 0 bridgehead atoms. The van der Waals surface area contributed by atoms with E-state index in [1.807, 2.05) is 36.4 Å². The van der Waals surface area contributed by atoms with Gasteiger partial charge in [-0.1, -0.05) is 42.8 Å². The standard InChI is InChI=1S/C23H20N2O2/c26-22-19-15-11-6-10-14(15)18-16-9-4-5-12-17(16)24-21(18)20(19)23(27)25(22)13-7-2-1-3-8-13/h1-5,7-9,12,14-15,19-20,24H,6,10-11H2/t14-,15+,19+,20+/m1/s1. The van der Waals surface area contributed by atoms with Gasteiger partial charge in [-0.25, -0.2) is 4.90 Å². The Morgan fingerprint density at radius 2 is 1.67 bits per heavy atom. The molecule has 0 spiro atoms. The number of carbonyl (C=O) groups excluding carboxylic acids is 2. The normalized spacial score (nSPS) is 29.1. The predicted octanol–water partition coefficient (Wildman–Crippen LogP) is 4.34. The number of rotatable bonds is 1. The summed E-state index contributed by atoms with van der Waals surface area (Å²) < 4.78 is 0. The summed E-state index contributed by atoms with van der Waals surface area (Å²) in [5, 5.41) is 1.22. The Kier molecular flexibility index (Phi) is 2.99. The third kappa shape index (κ3) is 1.88. The summed E-state index contributed by atoms with van der Waals surface area (Å²) in [6.07, 6.45) is 3.27. The summed E-state index contributed by atoms with van der Waals surface area (Å²) in [7, 11) is 0. The topological polar surface area (TPSA) is 53.2 Å². The lowest BCUT2D eigenvalue weighted by molar-refractivity contribution is -0.123. The van der Waals surface area contributed by atoms with Gasteiger partial charge in [-0.2, -0.15) is 0 Å². The molecule has 2 amide bonds. The van der Waals surface area contributed by atoms with Gasteiger partial charge in [0.1, 0.15) is 0 Å². The minimum atomic E-state index is -0.376. The third-order valence-corrected chi connectivity index (χ3v) is 6.85. The van der Waals surface area contributed by atoms with Crippen LogP contribution in [0.5, 0.6) is 0 Å². The molecule has 1 N–H and O–H groups in total. The fourth-order valence-corrected chi connectivity index (χ4v) is 5.86. The number of hydrogen-bond donors (Lipinski definition) is 1. The molecule has 6 rings (SSSR count). The lowest BCUT2D eigenvalue weighted by Gasteiger charge is -2.33. The molecule has 27 heavy (non-hydrogen) atoms. The van der Waals surface area contributed by atoms with Gasteiger partial charge in [-0.3, -0.25) is 9.59 Å². The molecule has 1 saturated heterocycles. The number of amides is 2. The van der Waals surface area contributed by atoms with Crippen molar-refractivity contribution in [3.8, 4) is 0 Å².